The molecule has 1 aliphatic rings. The number of likely N-dealkylation sites (tertiary alicyclic amines) is 1. The number of ether oxygens (including phenoxy) is 1. The molecule has 24 heavy (non-hydrogen) atoms. The Morgan fingerprint density at radius 2 is 2.29 bits per heavy atom. The standard InChI is InChI=1S/C19H29ClN2O2/c1-14-6-4-10-22(13-14)11-5-9-21-19(23)16(3)24-18-8-7-17(20)12-15(18)2/h7-8,12,14,16H,4-6,9-11,13H2,1-3H3,(H,21,23). The minimum absolute atomic E-state index is 0.0728. The molecule has 1 saturated heterocycles. The maximum atomic E-state index is 12.2. The minimum Gasteiger partial charge on any atom is -0.481 e. The van der Waals surface area contributed by atoms with Crippen molar-refractivity contribution in [2.45, 2.75) is 46.1 Å². The molecule has 1 aromatic carbocycles. The number of halogens is 1. The highest BCUT2D eigenvalue weighted by Gasteiger charge is 2.17. The Hall–Kier alpha value is -1.26. The highest BCUT2D eigenvalue weighted by Crippen LogP contribution is 2.22. The summed E-state index contributed by atoms with van der Waals surface area (Å²) < 4.78 is 5.74. The molecule has 0 radical (unpaired) electrons. The van der Waals surface area contributed by atoms with Crippen LogP contribution in [-0.2, 0) is 4.79 Å². The fourth-order valence-electron chi connectivity index (χ4n) is 3.14. The molecule has 0 spiro atoms. The third kappa shape index (κ3) is 5.99. The Labute approximate surface area is 150 Å². The lowest BCUT2D eigenvalue weighted by atomic mass is 10.0. The lowest BCUT2D eigenvalue weighted by Crippen LogP contribution is -2.39. The first-order valence-corrected chi connectivity index (χ1v) is 9.26. The fourth-order valence-corrected chi connectivity index (χ4v) is 3.36. The third-order valence-electron chi connectivity index (χ3n) is 4.50. The van der Waals surface area contributed by atoms with Gasteiger partial charge in [0.15, 0.2) is 6.10 Å². The van der Waals surface area contributed by atoms with E-state index < -0.39 is 6.10 Å². The quantitative estimate of drug-likeness (QED) is 0.761. The summed E-state index contributed by atoms with van der Waals surface area (Å²) in [6, 6.07) is 5.41. The highest BCUT2D eigenvalue weighted by molar-refractivity contribution is 6.30. The molecular weight excluding hydrogens is 324 g/mol. The maximum Gasteiger partial charge on any atom is 0.260 e. The minimum atomic E-state index is -0.514. The summed E-state index contributed by atoms with van der Waals surface area (Å²) in [5, 5.41) is 3.64. The van der Waals surface area contributed by atoms with Crippen molar-refractivity contribution >= 4 is 17.5 Å². The monoisotopic (exact) mass is 352 g/mol. The van der Waals surface area contributed by atoms with Crippen molar-refractivity contribution < 1.29 is 9.53 Å². The first-order chi connectivity index (χ1) is 11.5. The average Bonchev–Trinajstić information content (AvgIpc) is 2.54. The van der Waals surface area contributed by atoms with E-state index in [-0.39, 0.29) is 5.91 Å². The summed E-state index contributed by atoms with van der Waals surface area (Å²) in [7, 11) is 0. The number of aryl methyl sites for hydroxylation is 1. The number of amides is 1. The van der Waals surface area contributed by atoms with Gasteiger partial charge < -0.3 is 15.0 Å². The smallest absolute Gasteiger partial charge is 0.260 e. The van der Waals surface area contributed by atoms with Crippen molar-refractivity contribution in [3.05, 3.63) is 28.8 Å². The third-order valence-corrected chi connectivity index (χ3v) is 4.74. The predicted octanol–water partition coefficient (Wildman–Crippen LogP) is 3.65. The average molecular weight is 353 g/mol. The molecule has 0 bridgehead atoms. The Bertz CT molecular complexity index is 550. The predicted molar refractivity (Wildman–Crippen MR) is 98.7 cm³/mol. The first kappa shape index (κ1) is 19.1. The Morgan fingerprint density at radius 3 is 3.00 bits per heavy atom. The number of carbonyl (C=O) groups is 1. The van der Waals surface area contributed by atoms with Gasteiger partial charge in [-0.3, -0.25) is 4.79 Å². The number of nitrogens with one attached hydrogen (secondary N) is 1. The zero-order valence-electron chi connectivity index (χ0n) is 15.0. The molecule has 1 N–H and O–H groups in total. The van der Waals surface area contributed by atoms with Crippen molar-refractivity contribution in [1.82, 2.24) is 10.2 Å². The lowest BCUT2D eigenvalue weighted by molar-refractivity contribution is -0.127. The van der Waals surface area contributed by atoms with Crippen LogP contribution in [0.25, 0.3) is 0 Å². The number of nitrogens with zero attached hydrogens (tertiary/aromatic N) is 1. The molecule has 0 aromatic heterocycles. The summed E-state index contributed by atoms with van der Waals surface area (Å²) in [5.74, 6) is 1.42. The van der Waals surface area contributed by atoms with Crippen molar-refractivity contribution in [3.8, 4) is 5.75 Å². The van der Waals surface area contributed by atoms with Crippen LogP contribution < -0.4 is 10.1 Å². The fraction of sp³-hybridized carbons (Fsp3) is 0.632. The van der Waals surface area contributed by atoms with E-state index in [1.54, 1.807) is 19.1 Å². The molecule has 1 aliphatic heterocycles. The second kappa shape index (κ2) is 9.28. The zero-order chi connectivity index (χ0) is 17.5. The molecule has 2 rings (SSSR count). The highest BCUT2D eigenvalue weighted by atomic mass is 35.5. The van der Waals surface area contributed by atoms with Crippen molar-refractivity contribution in [2.24, 2.45) is 5.92 Å². The topological polar surface area (TPSA) is 41.6 Å². The summed E-state index contributed by atoms with van der Waals surface area (Å²) in [4.78, 5) is 14.7. The molecule has 1 heterocycles. The van der Waals surface area contributed by atoms with Crippen LogP contribution in [0.4, 0.5) is 0 Å². The van der Waals surface area contributed by atoms with Gasteiger partial charge in [-0.25, -0.2) is 0 Å². The summed E-state index contributed by atoms with van der Waals surface area (Å²) in [6.45, 7) is 10.1. The molecule has 1 fully saturated rings. The summed E-state index contributed by atoms with van der Waals surface area (Å²) in [6.07, 6.45) is 3.09. The normalized spacial score (nSPS) is 19.8. The number of carbonyl (C=O) groups excluding carboxylic acids is 1. The molecule has 2 unspecified atom stereocenters. The summed E-state index contributed by atoms with van der Waals surface area (Å²) >= 11 is 5.93. The number of hydrogen-bond acceptors (Lipinski definition) is 3. The van der Waals surface area contributed by atoms with E-state index in [0.717, 1.165) is 24.4 Å². The van der Waals surface area contributed by atoms with Gasteiger partial charge in [0.25, 0.3) is 5.91 Å². The van der Waals surface area contributed by atoms with Gasteiger partial charge in [-0.1, -0.05) is 18.5 Å². The maximum absolute atomic E-state index is 12.2. The van der Waals surface area contributed by atoms with E-state index in [9.17, 15) is 4.79 Å². The number of benzene rings is 1. The van der Waals surface area contributed by atoms with Gasteiger partial charge in [-0.05, 0) is 75.9 Å². The molecular formula is C19H29ClN2O2. The van der Waals surface area contributed by atoms with Crippen LogP contribution in [0.3, 0.4) is 0 Å². The van der Waals surface area contributed by atoms with Gasteiger partial charge in [0.1, 0.15) is 5.75 Å². The molecule has 5 heteroatoms. The largest absolute Gasteiger partial charge is 0.481 e. The van der Waals surface area contributed by atoms with Gasteiger partial charge in [0.2, 0.25) is 0 Å². The molecule has 134 valence electrons. The van der Waals surface area contributed by atoms with E-state index in [2.05, 4.69) is 17.1 Å². The van der Waals surface area contributed by atoms with Gasteiger partial charge >= 0.3 is 0 Å². The zero-order valence-corrected chi connectivity index (χ0v) is 15.7. The van der Waals surface area contributed by atoms with E-state index >= 15 is 0 Å². The Kier molecular flexibility index (Phi) is 7.38. The summed E-state index contributed by atoms with van der Waals surface area (Å²) in [5.41, 5.74) is 0.932. The van der Waals surface area contributed by atoms with Crippen LogP contribution in [0, 0.1) is 12.8 Å². The first-order valence-electron chi connectivity index (χ1n) is 8.88. The number of piperidine rings is 1. The van der Waals surface area contributed by atoms with Gasteiger partial charge in [-0.2, -0.15) is 0 Å². The van der Waals surface area contributed by atoms with E-state index in [1.807, 2.05) is 13.0 Å². The van der Waals surface area contributed by atoms with Crippen molar-refractivity contribution in [2.75, 3.05) is 26.2 Å². The number of hydrogen-bond donors (Lipinski definition) is 1. The Morgan fingerprint density at radius 1 is 1.50 bits per heavy atom. The van der Waals surface area contributed by atoms with Crippen LogP contribution in [-0.4, -0.2) is 43.1 Å². The van der Waals surface area contributed by atoms with Crippen LogP contribution >= 0.6 is 11.6 Å². The second-order valence-corrected chi connectivity index (χ2v) is 7.30. The molecule has 4 nitrogen and oxygen atoms in total. The van der Waals surface area contributed by atoms with Crippen molar-refractivity contribution in [1.29, 1.82) is 0 Å². The molecule has 1 amide bonds. The molecule has 1 aromatic rings. The Balaban J connectivity index is 1.68. The van der Waals surface area contributed by atoms with Crippen LogP contribution in [0.2, 0.25) is 5.02 Å². The van der Waals surface area contributed by atoms with E-state index in [4.69, 9.17) is 16.3 Å². The van der Waals surface area contributed by atoms with Gasteiger partial charge in [-0.15, -0.1) is 0 Å². The number of rotatable bonds is 7. The van der Waals surface area contributed by atoms with E-state index in [1.165, 1.54) is 25.9 Å². The molecule has 2 atom stereocenters. The van der Waals surface area contributed by atoms with Crippen LogP contribution in [0.5, 0.6) is 5.75 Å². The van der Waals surface area contributed by atoms with E-state index in [0.29, 0.717) is 17.3 Å². The molecule has 0 saturated carbocycles. The van der Waals surface area contributed by atoms with Gasteiger partial charge in [0.05, 0.1) is 0 Å². The lowest BCUT2D eigenvalue weighted by Gasteiger charge is -2.30. The molecule has 0 aliphatic carbocycles. The van der Waals surface area contributed by atoms with Crippen LogP contribution in [0.15, 0.2) is 18.2 Å². The van der Waals surface area contributed by atoms with Crippen LogP contribution in [0.1, 0.15) is 38.7 Å². The van der Waals surface area contributed by atoms with Crippen molar-refractivity contribution in [3.63, 3.8) is 0 Å². The second-order valence-electron chi connectivity index (χ2n) is 6.86. The van der Waals surface area contributed by atoms with Gasteiger partial charge in [0, 0.05) is 18.1 Å². The SMILES string of the molecule is Cc1cc(Cl)ccc1OC(C)C(=O)NCCCN1CCCC(C)C1.